The number of hydrogen-bond donors (Lipinski definition) is 0. The van der Waals surface area contributed by atoms with Crippen molar-refractivity contribution in [2.75, 3.05) is 4.90 Å². The molecule has 0 amide bonds. The molecule has 0 N–H and O–H groups in total. The lowest BCUT2D eigenvalue weighted by atomic mass is 9.48. The topological polar surface area (TPSA) is 3.24 Å². The molecule has 4 aliphatic carbocycles. The van der Waals surface area contributed by atoms with Crippen LogP contribution in [0.4, 0.5) is 17.1 Å². The molecule has 4 saturated carbocycles. The summed E-state index contributed by atoms with van der Waals surface area (Å²) in [6.45, 7) is 0. The van der Waals surface area contributed by atoms with Gasteiger partial charge in [-0.05, 0) is 143 Å². The highest BCUT2D eigenvalue weighted by Gasteiger charge is 2.51. The molecule has 252 valence electrons. The Balaban J connectivity index is 1.05. The molecule has 1 nitrogen and oxygen atoms in total. The molecule has 8 aromatic rings. The number of hydrogen-bond acceptors (Lipinski definition) is 2. The van der Waals surface area contributed by atoms with E-state index in [-0.39, 0.29) is 0 Å². The van der Waals surface area contributed by atoms with Crippen LogP contribution in [0.1, 0.15) is 44.1 Å². The van der Waals surface area contributed by atoms with Crippen LogP contribution in [0.15, 0.2) is 158 Å². The fourth-order valence-electron chi connectivity index (χ4n) is 11.0. The molecule has 7 aromatic carbocycles. The molecule has 0 radical (unpaired) electrons. The van der Waals surface area contributed by atoms with E-state index in [2.05, 4.69) is 163 Å². The van der Waals surface area contributed by atoms with Gasteiger partial charge in [0.25, 0.3) is 0 Å². The average Bonchev–Trinajstić information content (AvgIpc) is 3.57. The quantitative estimate of drug-likeness (QED) is 0.168. The molecule has 0 aliphatic heterocycles. The number of fused-ring (bicyclic) bond motifs is 4. The van der Waals surface area contributed by atoms with E-state index in [0.717, 1.165) is 17.8 Å². The summed E-state index contributed by atoms with van der Waals surface area (Å²) in [6, 6.07) is 59.1. The summed E-state index contributed by atoms with van der Waals surface area (Å²) >= 11 is 1.89. The van der Waals surface area contributed by atoms with Gasteiger partial charge in [-0.25, -0.2) is 0 Å². The molecule has 0 atom stereocenters. The zero-order valence-corrected chi connectivity index (χ0v) is 30.2. The first kappa shape index (κ1) is 30.4. The van der Waals surface area contributed by atoms with E-state index >= 15 is 0 Å². The smallest absolute Gasteiger partial charge is 0.0554 e. The number of thiophene rings is 1. The first-order valence-electron chi connectivity index (χ1n) is 19.2. The van der Waals surface area contributed by atoms with E-state index < -0.39 is 0 Å². The van der Waals surface area contributed by atoms with Crippen LogP contribution in [0.2, 0.25) is 0 Å². The van der Waals surface area contributed by atoms with Gasteiger partial charge in [-0.2, -0.15) is 0 Å². The summed E-state index contributed by atoms with van der Waals surface area (Å²) in [6.07, 6.45) is 8.61. The van der Waals surface area contributed by atoms with Gasteiger partial charge in [0.2, 0.25) is 0 Å². The second kappa shape index (κ2) is 11.9. The van der Waals surface area contributed by atoms with E-state index in [4.69, 9.17) is 0 Å². The van der Waals surface area contributed by atoms with Gasteiger partial charge in [0.15, 0.2) is 0 Å². The lowest BCUT2D eigenvalue weighted by Gasteiger charge is -2.57. The van der Waals surface area contributed by atoms with Crippen LogP contribution in [0, 0.1) is 17.8 Å². The zero-order valence-electron chi connectivity index (χ0n) is 29.3. The highest BCUT2D eigenvalue weighted by atomic mass is 32.1. The number of rotatable bonds is 6. The van der Waals surface area contributed by atoms with Gasteiger partial charge in [-0.15, -0.1) is 11.3 Å². The predicted octanol–water partition coefficient (Wildman–Crippen LogP) is 14.5. The molecule has 0 saturated heterocycles. The monoisotopic (exact) mass is 687 g/mol. The summed E-state index contributed by atoms with van der Waals surface area (Å²) in [5.41, 5.74) is 10.6. The van der Waals surface area contributed by atoms with Crippen molar-refractivity contribution < 1.29 is 0 Å². The third-order valence-corrected chi connectivity index (χ3v) is 14.0. The van der Waals surface area contributed by atoms with Crippen molar-refractivity contribution in [3.05, 3.63) is 163 Å². The standard InChI is InChI=1S/C50H41NS/c1-2-9-36(10-3-1)42-14-6-11-38-12-7-15-43(48(38)42)37-19-23-40(24-20-37)51(45-16-8-18-47-49(45)44-13-4-5-17-46(44)52-47)41-25-21-39(22-26-41)50-30-33-27-34(31-50)29-35(28-33)32-50/h1-26,33-35H,27-32H2. The number of nitrogens with zero attached hydrogens (tertiary/aromatic N) is 1. The molecule has 4 aliphatic rings. The maximum atomic E-state index is 2.51. The van der Waals surface area contributed by atoms with Gasteiger partial charge in [-0.1, -0.05) is 115 Å². The Kier molecular flexibility index (Phi) is 6.99. The van der Waals surface area contributed by atoms with Crippen LogP contribution >= 0.6 is 11.3 Å². The minimum atomic E-state index is 0.389. The van der Waals surface area contributed by atoms with Gasteiger partial charge in [0.05, 0.1) is 5.69 Å². The van der Waals surface area contributed by atoms with Crippen molar-refractivity contribution in [1.29, 1.82) is 0 Å². The molecule has 4 fully saturated rings. The molecule has 4 bridgehead atoms. The molecular weight excluding hydrogens is 647 g/mol. The molecule has 1 aromatic heterocycles. The van der Waals surface area contributed by atoms with Gasteiger partial charge in [0, 0.05) is 31.5 Å². The summed E-state index contributed by atoms with van der Waals surface area (Å²) in [5.74, 6) is 2.82. The maximum Gasteiger partial charge on any atom is 0.0554 e. The largest absolute Gasteiger partial charge is 0.310 e. The highest BCUT2D eigenvalue weighted by Crippen LogP contribution is 2.61. The van der Waals surface area contributed by atoms with Crippen LogP contribution in [0.5, 0.6) is 0 Å². The third kappa shape index (κ3) is 4.88. The Labute approximate surface area is 310 Å². The zero-order chi connectivity index (χ0) is 34.2. The van der Waals surface area contributed by atoms with Crippen LogP contribution in [-0.4, -0.2) is 0 Å². The number of benzene rings is 7. The fourth-order valence-corrected chi connectivity index (χ4v) is 12.2. The molecule has 0 unspecified atom stereocenters. The van der Waals surface area contributed by atoms with Crippen LogP contribution < -0.4 is 4.90 Å². The predicted molar refractivity (Wildman–Crippen MR) is 222 cm³/mol. The van der Waals surface area contributed by atoms with E-state index in [0.29, 0.717) is 5.41 Å². The Hall–Kier alpha value is -5.18. The first-order chi connectivity index (χ1) is 25.7. The molecule has 2 heteroatoms. The normalized spacial score (nSPS) is 22.0. The van der Waals surface area contributed by atoms with Crippen LogP contribution in [-0.2, 0) is 5.41 Å². The van der Waals surface area contributed by atoms with Crippen molar-refractivity contribution in [1.82, 2.24) is 0 Å². The second-order valence-electron chi connectivity index (χ2n) is 16.0. The maximum absolute atomic E-state index is 2.51. The van der Waals surface area contributed by atoms with E-state index in [1.54, 1.807) is 5.56 Å². The summed E-state index contributed by atoms with van der Waals surface area (Å²) in [5, 5.41) is 5.23. The molecule has 1 heterocycles. The second-order valence-corrected chi connectivity index (χ2v) is 17.0. The van der Waals surface area contributed by atoms with Crippen molar-refractivity contribution in [2.45, 2.75) is 43.9 Å². The minimum absolute atomic E-state index is 0.389. The van der Waals surface area contributed by atoms with Gasteiger partial charge < -0.3 is 4.90 Å². The fraction of sp³-hybridized carbons (Fsp3) is 0.200. The third-order valence-electron chi connectivity index (χ3n) is 12.8. The lowest BCUT2D eigenvalue weighted by Crippen LogP contribution is -2.48. The van der Waals surface area contributed by atoms with Crippen molar-refractivity contribution in [3.63, 3.8) is 0 Å². The Morgan fingerprint density at radius 3 is 1.69 bits per heavy atom. The molecular formula is C50H41NS. The van der Waals surface area contributed by atoms with Crippen molar-refractivity contribution in [3.8, 4) is 22.3 Å². The van der Waals surface area contributed by atoms with Crippen molar-refractivity contribution >= 4 is 59.3 Å². The van der Waals surface area contributed by atoms with Crippen LogP contribution in [0.25, 0.3) is 53.2 Å². The minimum Gasteiger partial charge on any atom is -0.310 e. The first-order valence-corrected chi connectivity index (χ1v) is 20.0. The summed E-state index contributed by atoms with van der Waals surface area (Å²) in [4.78, 5) is 2.51. The lowest BCUT2D eigenvalue weighted by molar-refractivity contribution is -0.00518. The molecule has 0 spiro atoms. The summed E-state index contributed by atoms with van der Waals surface area (Å²) < 4.78 is 2.66. The highest BCUT2D eigenvalue weighted by molar-refractivity contribution is 7.26. The van der Waals surface area contributed by atoms with E-state index in [9.17, 15) is 0 Å². The number of anilines is 3. The van der Waals surface area contributed by atoms with Gasteiger partial charge in [-0.3, -0.25) is 0 Å². The molecule has 12 rings (SSSR count). The molecule has 52 heavy (non-hydrogen) atoms. The Morgan fingerprint density at radius 1 is 0.462 bits per heavy atom. The van der Waals surface area contributed by atoms with E-state index in [1.165, 1.54) is 109 Å². The Morgan fingerprint density at radius 2 is 1.02 bits per heavy atom. The van der Waals surface area contributed by atoms with Gasteiger partial charge in [0.1, 0.15) is 0 Å². The SMILES string of the molecule is c1ccc(-c2cccc3cccc(-c4ccc(N(c5ccc(C67CC8CC(CC(C8)C6)C7)cc5)c5cccc6sc7ccccc7c56)cc4)c23)cc1. The summed E-state index contributed by atoms with van der Waals surface area (Å²) in [7, 11) is 0. The van der Waals surface area contributed by atoms with E-state index in [1.807, 2.05) is 11.3 Å². The Bertz CT molecular complexity index is 2550. The van der Waals surface area contributed by atoms with Gasteiger partial charge >= 0.3 is 0 Å². The van der Waals surface area contributed by atoms with Crippen molar-refractivity contribution in [2.24, 2.45) is 17.8 Å². The average molecular weight is 688 g/mol. The van der Waals surface area contributed by atoms with Crippen LogP contribution in [0.3, 0.4) is 0 Å².